The van der Waals surface area contributed by atoms with Gasteiger partial charge in [0.05, 0.1) is 0 Å². The molecule has 4 heteroatoms. The van der Waals surface area contributed by atoms with Crippen LogP contribution in [-0.2, 0) is 9.59 Å². The maximum absolute atomic E-state index is 11.8. The molecule has 15 heavy (non-hydrogen) atoms. The molecule has 4 nitrogen and oxygen atoms in total. The van der Waals surface area contributed by atoms with Crippen molar-refractivity contribution in [2.24, 2.45) is 11.8 Å². The fraction of sp³-hybridized carbons (Fsp3) is 0.818. The highest BCUT2D eigenvalue weighted by molar-refractivity contribution is 5.97. The van der Waals surface area contributed by atoms with Gasteiger partial charge in [-0.15, -0.1) is 0 Å². The number of hydrogen-bond acceptors (Lipinski definition) is 2. The molecule has 3 atom stereocenters. The fourth-order valence-electron chi connectivity index (χ4n) is 2.02. The van der Waals surface area contributed by atoms with Gasteiger partial charge in [-0.2, -0.15) is 0 Å². The molecular formula is C11H18N2O2. The molecule has 0 radical (unpaired) electrons. The summed E-state index contributed by atoms with van der Waals surface area (Å²) in [6.07, 6.45) is 3.02. The van der Waals surface area contributed by atoms with Crippen LogP contribution in [0.4, 0.5) is 0 Å². The van der Waals surface area contributed by atoms with Crippen LogP contribution in [0.5, 0.6) is 0 Å². The third kappa shape index (κ3) is 1.98. The van der Waals surface area contributed by atoms with Crippen LogP contribution in [0.25, 0.3) is 0 Å². The lowest BCUT2D eigenvalue weighted by Gasteiger charge is -2.32. The molecule has 3 unspecified atom stereocenters. The van der Waals surface area contributed by atoms with Crippen molar-refractivity contribution in [3.8, 4) is 0 Å². The first-order valence-corrected chi connectivity index (χ1v) is 5.74. The van der Waals surface area contributed by atoms with Crippen molar-refractivity contribution < 1.29 is 9.59 Å². The molecule has 0 bridgehead atoms. The number of piperazine rings is 1. The second-order valence-electron chi connectivity index (χ2n) is 4.70. The van der Waals surface area contributed by atoms with E-state index in [2.05, 4.69) is 10.6 Å². The Kier molecular flexibility index (Phi) is 2.67. The molecule has 2 aliphatic rings. The van der Waals surface area contributed by atoms with Crippen LogP contribution in [0, 0.1) is 11.8 Å². The number of carbonyl (C=O) groups excluding carboxylic acids is 2. The van der Waals surface area contributed by atoms with E-state index in [9.17, 15) is 9.59 Å². The Balaban J connectivity index is 2.02. The molecule has 2 amide bonds. The molecule has 1 aliphatic heterocycles. The minimum Gasteiger partial charge on any atom is -0.342 e. The van der Waals surface area contributed by atoms with Crippen molar-refractivity contribution in [1.82, 2.24) is 10.6 Å². The van der Waals surface area contributed by atoms with Gasteiger partial charge in [0.15, 0.2) is 0 Å². The van der Waals surface area contributed by atoms with Crippen LogP contribution in [0.1, 0.15) is 33.1 Å². The van der Waals surface area contributed by atoms with Crippen molar-refractivity contribution in [2.45, 2.75) is 45.2 Å². The molecular weight excluding hydrogens is 192 g/mol. The van der Waals surface area contributed by atoms with Crippen molar-refractivity contribution in [1.29, 1.82) is 0 Å². The fourth-order valence-corrected chi connectivity index (χ4v) is 2.02. The molecule has 1 heterocycles. The number of rotatable bonds is 3. The number of hydrogen-bond donors (Lipinski definition) is 2. The van der Waals surface area contributed by atoms with E-state index < -0.39 is 0 Å². The predicted octanol–water partition coefficient (Wildman–Crippen LogP) is 0.426. The molecule has 0 aromatic heterocycles. The predicted molar refractivity (Wildman–Crippen MR) is 56.0 cm³/mol. The summed E-state index contributed by atoms with van der Waals surface area (Å²) in [4.78, 5) is 23.5. The van der Waals surface area contributed by atoms with Gasteiger partial charge in [0.2, 0.25) is 11.8 Å². The minimum absolute atomic E-state index is 0.00222. The second kappa shape index (κ2) is 3.83. The Bertz CT molecular complexity index is 286. The van der Waals surface area contributed by atoms with Gasteiger partial charge >= 0.3 is 0 Å². The van der Waals surface area contributed by atoms with E-state index in [4.69, 9.17) is 0 Å². The van der Waals surface area contributed by atoms with Gasteiger partial charge in [0.25, 0.3) is 0 Å². The topological polar surface area (TPSA) is 58.2 Å². The van der Waals surface area contributed by atoms with Gasteiger partial charge in [-0.3, -0.25) is 9.59 Å². The van der Waals surface area contributed by atoms with Crippen LogP contribution >= 0.6 is 0 Å². The highest BCUT2D eigenvalue weighted by Gasteiger charge is 2.43. The monoisotopic (exact) mass is 210 g/mol. The minimum atomic E-state index is -0.336. The van der Waals surface area contributed by atoms with E-state index in [0.29, 0.717) is 5.92 Å². The smallest absolute Gasteiger partial charge is 0.243 e. The largest absolute Gasteiger partial charge is 0.342 e. The summed E-state index contributed by atoms with van der Waals surface area (Å²) in [5.41, 5.74) is 0. The van der Waals surface area contributed by atoms with Crippen molar-refractivity contribution in [3.05, 3.63) is 0 Å². The summed E-state index contributed by atoms with van der Waals surface area (Å²) >= 11 is 0. The molecule has 84 valence electrons. The molecule has 0 aromatic carbocycles. The van der Waals surface area contributed by atoms with Crippen molar-refractivity contribution >= 4 is 11.8 Å². The molecule has 0 spiro atoms. The molecule has 2 N–H and O–H groups in total. The van der Waals surface area contributed by atoms with Crippen LogP contribution < -0.4 is 10.6 Å². The Morgan fingerprint density at radius 3 is 2.47 bits per heavy atom. The van der Waals surface area contributed by atoms with E-state index in [1.54, 1.807) is 0 Å². The average molecular weight is 210 g/mol. The van der Waals surface area contributed by atoms with Gasteiger partial charge in [-0.05, 0) is 24.7 Å². The zero-order valence-electron chi connectivity index (χ0n) is 9.25. The van der Waals surface area contributed by atoms with Crippen LogP contribution in [-0.4, -0.2) is 23.9 Å². The van der Waals surface area contributed by atoms with Gasteiger partial charge in [-0.1, -0.05) is 20.3 Å². The quantitative estimate of drug-likeness (QED) is 0.709. The summed E-state index contributed by atoms with van der Waals surface area (Å²) in [5.74, 6) is 0.573. The van der Waals surface area contributed by atoms with Gasteiger partial charge in [0.1, 0.15) is 12.1 Å². The third-order valence-corrected chi connectivity index (χ3v) is 3.47. The highest BCUT2D eigenvalue weighted by Crippen LogP contribution is 2.33. The summed E-state index contributed by atoms with van der Waals surface area (Å²) in [6, 6.07) is -0.602. The number of amides is 2. The Hall–Kier alpha value is -1.06. The Labute approximate surface area is 89.8 Å². The summed E-state index contributed by atoms with van der Waals surface area (Å²) in [6.45, 7) is 4.01. The van der Waals surface area contributed by atoms with Crippen LogP contribution in [0.2, 0.25) is 0 Å². The second-order valence-corrected chi connectivity index (χ2v) is 4.70. The van der Waals surface area contributed by atoms with E-state index in [0.717, 1.165) is 19.3 Å². The summed E-state index contributed by atoms with van der Waals surface area (Å²) < 4.78 is 0. The van der Waals surface area contributed by atoms with E-state index in [1.807, 2.05) is 13.8 Å². The van der Waals surface area contributed by atoms with Crippen LogP contribution in [0.15, 0.2) is 0 Å². The average Bonchev–Trinajstić information content (AvgIpc) is 3.03. The lowest BCUT2D eigenvalue weighted by molar-refractivity contribution is -0.138. The normalized spacial score (nSPS) is 33.2. The first-order chi connectivity index (χ1) is 7.13. The number of nitrogens with one attached hydrogen (secondary N) is 2. The van der Waals surface area contributed by atoms with Gasteiger partial charge in [-0.25, -0.2) is 0 Å². The van der Waals surface area contributed by atoms with E-state index in [1.165, 1.54) is 0 Å². The van der Waals surface area contributed by atoms with E-state index in [-0.39, 0.29) is 29.8 Å². The SMILES string of the molecule is CCC(C)C1NC(=O)C(C2CC2)NC1=O. The van der Waals surface area contributed by atoms with Crippen molar-refractivity contribution in [3.63, 3.8) is 0 Å². The molecule has 2 rings (SSSR count). The highest BCUT2D eigenvalue weighted by atomic mass is 16.2. The zero-order chi connectivity index (χ0) is 11.0. The summed E-state index contributed by atoms with van der Waals surface area (Å²) in [5, 5.41) is 5.68. The first kappa shape index (κ1) is 10.5. The molecule has 1 saturated carbocycles. The summed E-state index contributed by atoms with van der Waals surface area (Å²) in [7, 11) is 0. The lowest BCUT2D eigenvalue weighted by Crippen LogP contribution is -2.64. The Morgan fingerprint density at radius 2 is 1.93 bits per heavy atom. The molecule has 1 saturated heterocycles. The first-order valence-electron chi connectivity index (χ1n) is 5.74. The Morgan fingerprint density at radius 1 is 1.27 bits per heavy atom. The van der Waals surface area contributed by atoms with Crippen LogP contribution in [0.3, 0.4) is 0 Å². The molecule has 0 aromatic rings. The standard InChI is InChI=1S/C11H18N2O2/c1-3-6(2)8-10(14)13-9(7-4-5-7)11(15)12-8/h6-9H,3-5H2,1-2H3,(H,12,15)(H,13,14). The maximum atomic E-state index is 11.8. The van der Waals surface area contributed by atoms with Gasteiger partial charge < -0.3 is 10.6 Å². The van der Waals surface area contributed by atoms with Gasteiger partial charge in [0, 0.05) is 0 Å². The number of carbonyl (C=O) groups is 2. The van der Waals surface area contributed by atoms with E-state index >= 15 is 0 Å². The molecule has 1 aliphatic carbocycles. The third-order valence-electron chi connectivity index (χ3n) is 3.47. The van der Waals surface area contributed by atoms with Crippen molar-refractivity contribution in [2.75, 3.05) is 0 Å². The lowest BCUT2D eigenvalue weighted by atomic mass is 9.95. The maximum Gasteiger partial charge on any atom is 0.243 e. The zero-order valence-corrected chi connectivity index (χ0v) is 9.25. The molecule has 2 fully saturated rings.